The van der Waals surface area contributed by atoms with Crippen LogP contribution in [0.5, 0.6) is 0 Å². The van der Waals surface area contributed by atoms with Crippen LogP contribution in [-0.4, -0.2) is 8.42 Å². The van der Waals surface area contributed by atoms with Gasteiger partial charge in [-0.1, -0.05) is 18.2 Å². The predicted octanol–water partition coefficient (Wildman–Crippen LogP) is 6.46. The van der Waals surface area contributed by atoms with Gasteiger partial charge in [0.05, 0.1) is 4.90 Å². The molecule has 1 aromatic rings. The van der Waals surface area contributed by atoms with E-state index in [1.807, 2.05) is 0 Å². The average Bonchev–Trinajstić information content (AvgIpc) is 2.13. The lowest BCUT2D eigenvalue weighted by Crippen LogP contribution is -1.94. The standard InChI is InChI=1S/C6H5Cl5N2O2P2S/c7-16(8,9)12-17(10,11)13-18(14,15)6-4-2-1-3-5-6/h1-5H. The molecule has 0 spiro atoms. The van der Waals surface area contributed by atoms with Gasteiger partial charge in [0, 0.05) is 0 Å². The molecular weight excluding hydrogens is 403 g/mol. The molecule has 0 aliphatic rings. The lowest BCUT2D eigenvalue weighted by atomic mass is 10.4. The van der Waals surface area contributed by atoms with E-state index in [0.717, 1.165) is 0 Å². The Kier molecular flexibility index (Phi) is 5.94. The molecule has 12 heteroatoms. The Morgan fingerprint density at radius 2 is 1.44 bits per heavy atom. The zero-order valence-corrected chi connectivity index (χ0v) is 14.7. The number of benzene rings is 1. The van der Waals surface area contributed by atoms with E-state index in [4.69, 9.17) is 56.2 Å². The van der Waals surface area contributed by atoms with Crippen LogP contribution in [0.3, 0.4) is 0 Å². The summed E-state index contributed by atoms with van der Waals surface area (Å²) in [5.74, 6) is -3.59. The Morgan fingerprint density at radius 3 is 1.89 bits per heavy atom. The van der Waals surface area contributed by atoms with Crippen molar-refractivity contribution in [1.82, 2.24) is 0 Å². The molecule has 102 valence electrons. The van der Waals surface area contributed by atoms with Crippen molar-refractivity contribution < 1.29 is 8.42 Å². The fraction of sp³-hybridized carbons (Fsp3) is 0. The Balaban J connectivity index is 3.34. The van der Waals surface area contributed by atoms with E-state index in [2.05, 4.69) is 8.67 Å². The summed E-state index contributed by atoms with van der Waals surface area (Å²) < 4.78 is 30.5. The summed E-state index contributed by atoms with van der Waals surface area (Å²) in [6.45, 7) is 0. The van der Waals surface area contributed by atoms with Gasteiger partial charge < -0.3 is 0 Å². The number of nitrogens with zero attached hydrogens (tertiary/aromatic N) is 2. The molecule has 1 aromatic carbocycles. The monoisotopic (exact) mass is 406 g/mol. The second-order valence-corrected chi connectivity index (χ2v) is 16.7. The summed E-state index contributed by atoms with van der Waals surface area (Å²) in [6.07, 6.45) is 0. The van der Waals surface area contributed by atoms with Crippen LogP contribution in [0.25, 0.3) is 0 Å². The van der Waals surface area contributed by atoms with Crippen LogP contribution in [0.4, 0.5) is 0 Å². The fourth-order valence-corrected chi connectivity index (χ4v) is 12.0. The van der Waals surface area contributed by atoms with E-state index in [-0.39, 0.29) is 4.90 Å². The van der Waals surface area contributed by atoms with Crippen molar-refractivity contribution in [1.29, 1.82) is 0 Å². The Hall–Kier alpha value is 1.08. The summed E-state index contributed by atoms with van der Waals surface area (Å²) in [4.78, 5) is -0.0616. The number of hydrogen-bond acceptors (Lipinski definition) is 2. The minimum atomic E-state index is -4.03. The Labute approximate surface area is 129 Å². The number of hydrogen-bond donors (Lipinski definition) is 0. The van der Waals surface area contributed by atoms with Gasteiger partial charge in [-0.15, -0.1) is 4.15 Å². The van der Waals surface area contributed by atoms with Gasteiger partial charge in [-0.05, 0) is 68.3 Å². The number of sulfonamides is 1. The highest BCUT2D eigenvalue weighted by molar-refractivity contribution is 8.30. The fourth-order valence-electron chi connectivity index (χ4n) is 0.907. The van der Waals surface area contributed by atoms with Crippen molar-refractivity contribution >= 4 is 77.3 Å². The van der Waals surface area contributed by atoms with Gasteiger partial charge in [0.1, 0.15) is 0 Å². The molecule has 0 aliphatic carbocycles. The molecule has 0 unspecified atom stereocenters. The molecule has 0 N–H and O–H groups in total. The van der Waals surface area contributed by atoms with Crippen LogP contribution >= 0.6 is 67.2 Å². The minimum Gasteiger partial charge on any atom is -0.199 e. The molecular formula is C6H5Cl5N2O2P2S. The summed E-state index contributed by atoms with van der Waals surface area (Å²) in [5.41, 5.74) is 0. The first-order chi connectivity index (χ1) is 8.02. The van der Waals surface area contributed by atoms with Crippen LogP contribution in [0.2, 0.25) is 0 Å². The first-order valence-corrected chi connectivity index (χ1v) is 13.5. The second kappa shape index (κ2) is 6.24. The molecule has 4 nitrogen and oxygen atoms in total. The molecule has 18 heavy (non-hydrogen) atoms. The maximum absolute atomic E-state index is 11.8. The Bertz CT molecular complexity index is 627. The highest BCUT2D eigenvalue weighted by Gasteiger charge is 2.23. The highest BCUT2D eigenvalue weighted by Crippen LogP contribution is 2.76. The molecule has 0 saturated carbocycles. The van der Waals surface area contributed by atoms with Gasteiger partial charge in [-0.2, -0.15) is 12.9 Å². The zero-order chi connectivity index (χ0) is 14.0. The molecule has 0 heterocycles. The number of halogens is 5. The summed E-state index contributed by atoms with van der Waals surface area (Å²) >= 11 is 27.8. The van der Waals surface area contributed by atoms with Crippen LogP contribution in [0.1, 0.15) is 0 Å². The van der Waals surface area contributed by atoms with Gasteiger partial charge in [-0.3, -0.25) is 0 Å². The van der Waals surface area contributed by atoms with Crippen LogP contribution in [0, 0.1) is 0 Å². The van der Waals surface area contributed by atoms with E-state index in [1.54, 1.807) is 6.07 Å². The third-order valence-electron chi connectivity index (χ3n) is 1.46. The quantitative estimate of drug-likeness (QED) is 0.539. The van der Waals surface area contributed by atoms with E-state index < -0.39 is 21.0 Å². The average molecular weight is 408 g/mol. The number of rotatable bonds is 3. The summed E-state index contributed by atoms with van der Waals surface area (Å²) in [5, 5.41) is -3.25. The SMILES string of the molecule is O=S(=O)(N=P(Cl)(Cl)N=P(Cl)(Cl)Cl)c1ccccc1. The normalized spacial score (nSPS) is 13.2. The molecule has 0 radical (unpaired) electrons. The van der Waals surface area contributed by atoms with Crippen molar-refractivity contribution in [2.24, 2.45) is 8.67 Å². The van der Waals surface area contributed by atoms with E-state index in [9.17, 15) is 8.42 Å². The van der Waals surface area contributed by atoms with Crippen LogP contribution in [0.15, 0.2) is 43.9 Å². The zero-order valence-electron chi connectivity index (χ0n) is 8.29. The third kappa shape index (κ3) is 6.02. The topological polar surface area (TPSA) is 58.9 Å². The van der Waals surface area contributed by atoms with E-state index >= 15 is 0 Å². The first kappa shape index (κ1) is 17.1. The molecule has 0 amide bonds. The Morgan fingerprint density at radius 1 is 0.944 bits per heavy atom. The second-order valence-electron chi connectivity index (χ2n) is 2.83. The molecule has 0 aromatic heterocycles. The smallest absolute Gasteiger partial charge is 0.199 e. The highest BCUT2D eigenvalue weighted by atomic mass is 36.0. The van der Waals surface area contributed by atoms with Gasteiger partial charge in [0.25, 0.3) is 15.9 Å². The molecule has 0 atom stereocenters. The summed E-state index contributed by atoms with van der Waals surface area (Å²) in [6, 6.07) is 7.41. The minimum absolute atomic E-state index is 0.0616. The van der Waals surface area contributed by atoms with Crippen molar-refractivity contribution in [2.75, 3.05) is 0 Å². The molecule has 0 bridgehead atoms. The maximum atomic E-state index is 11.8. The third-order valence-corrected chi connectivity index (χ3v) is 9.80. The van der Waals surface area contributed by atoms with Gasteiger partial charge in [0.2, 0.25) is 5.11 Å². The van der Waals surface area contributed by atoms with Crippen molar-refractivity contribution in [3.63, 3.8) is 0 Å². The molecule has 0 aliphatic heterocycles. The van der Waals surface area contributed by atoms with Crippen molar-refractivity contribution in [2.45, 2.75) is 4.90 Å². The van der Waals surface area contributed by atoms with E-state index in [1.165, 1.54) is 24.3 Å². The predicted molar refractivity (Wildman–Crippen MR) is 81.6 cm³/mol. The van der Waals surface area contributed by atoms with Crippen molar-refractivity contribution in [3.8, 4) is 0 Å². The maximum Gasteiger partial charge on any atom is 0.284 e. The molecule has 0 saturated heterocycles. The molecule has 0 fully saturated rings. The largest absolute Gasteiger partial charge is 0.284 e. The van der Waals surface area contributed by atoms with Crippen molar-refractivity contribution in [3.05, 3.63) is 30.3 Å². The molecule has 1 rings (SSSR count). The summed E-state index contributed by atoms with van der Waals surface area (Å²) in [7, 11) is -4.03. The lowest BCUT2D eigenvalue weighted by Gasteiger charge is -2.06. The lowest BCUT2D eigenvalue weighted by molar-refractivity contribution is 0.598. The van der Waals surface area contributed by atoms with Crippen LogP contribution in [-0.2, 0) is 10.0 Å². The van der Waals surface area contributed by atoms with E-state index in [0.29, 0.717) is 0 Å². The van der Waals surface area contributed by atoms with Gasteiger partial charge in [-0.25, -0.2) is 0 Å². The van der Waals surface area contributed by atoms with Crippen LogP contribution < -0.4 is 0 Å². The van der Waals surface area contributed by atoms with Gasteiger partial charge >= 0.3 is 0 Å². The van der Waals surface area contributed by atoms with Gasteiger partial charge in [0.15, 0.2) is 0 Å². The first-order valence-electron chi connectivity index (χ1n) is 4.08.